The average Bonchev–Trinajstić information content (AvgIpc) is 1.83. The highest BCUT2D eigenvalue weighted by molar-refractivity contribution is 4.91. The fourth-order valence-electron chi connectivity index (χ4n) is 1.66. The van der Waals surface area contributed by atoms with Gasteiger partial charge < -0.3 is 5.32 Å². The lowest BCUT2D eigenvalue weighted by Crippen LogP contribution is -2.51. The quantitative estimate of drug-likeness (QED) is 0.648. The lowest BCUT2D eigenvalue weighted by Gasteiger charge is -2.41. The third-order valence-corrected chi connectivity index (χ3v) is 2.97. The summed E-state index contributed by atoms with van der Waals surface area (Å²) in [7, 11) is 0. The van der Waals surface area contributed by atoms with Gasteiger partial charge in [0.2, 0.25) is 0 Å². The minimum atomic E-state index is -2.52. The molecule has 0 spiro atoms. The van der Waals surface area contributed by atoms with E-state index in [9.17, 15) is 8.78 Å². The van der Waals surface area contributed by atoms with Crippen LogP contribution in [0.5, 0.6) is 0 Å². The van der Waals surface area contributed by atoms with Gasteiger partial charge in [-0.1, -0.05) is 20.8 Å². The zero-order chi connectivity index (χ0) is 9.41. The number of halogens is 2. The van der Waals surface area contributed by atoms with Crippen molar-refractivity contribution in [3.8, 4) is 0 Å². The molecular weight excluding hydrogens is 160 g/mol. The lowest BCUT2D eigenvalue weighted by atomic mass is 9.72. The molecule has 1 aliphatic heterocycles. The van der Waals surface area contributed by atoms with Gasteiger partial charge in [-0.3, -0.25) is 0 Å². The molecule has 0 aliphatic carbocycles. The number of hydrogen-bond donors (Lipinski definition) is 1. The SMILES string of the molecule is CC(C)[C@]1(C)CNCC(F)(F)C1. The van der Waals surface area contributed by atoms with E-state index in [-0.39, 0.29) is 18.4 Å². The molecule has 72 valence electrons. The van der Waals surface area contributed by atoms with Gasteiger partial charge in [-0.25, -0.2) is 8.78 Å². The fourth-order valence-corrected chi connectivity index (χ4v) is 1.66. The van der Waals surface area contributed by atoms with Crippen LogP contribution in [0, 0.1) is 11.3 Å². The third kappa shape index (κ3) is 1.94. The van der Waals surface area contributed by atoms with Crippen LogP contribution in [0.3, 0.4) is 0 Å². The first-order valence-corrected chi connectivity index (χ1v) is 4.44. The maximum atomic E-state index is 13.0. The minimum absolute atomic E-state index is 0.0185. The zero-order valence-corrected chi connectivity index (χ0v) is 7.95. The summed E-state index contributed by atoms with van der Waals surface area (Å²) in [6.45, 7) is 6.49. The van der Waals surface area contributed by atoms with Crippen molar-refractivity contribution in [2.24, 2.45) is 11.3 Å². The number of alkyl halides is 2. The Morgan fingerprint density at radius 3 is 2.17 bits per heavy atom. The number of nitrogens with one attached hydrogen (secondary N) is 1. The van der Waals surface area contributed by atoms with Crippen LogP contribution < -0.4 is 5.32 Å². The van der Waals surface area contributed by atoms with Crippen molar-refractivity contribution < 1.29 is 8.78 Å². The van der Waals surface area contributed by atoms with Crippen LogP contribution in [0.15, 0.2) is 0 Å². The molecule has 0 saturated carbocycles. The van der Waals surface area contributed by atoms with E-state index in [1.807, 2.05) is 20.8 Å². The van der Waals surface area contributed by atoms with E-state index in [0.29, 0.717) is 12.5 Å². The lowest BCUT2D eigenvalue weighted by molar-refractivity contribution is -0.0765. The van der Waals surface area contributed by atoms with Crippen LogP contribution in [0.1, 0.15) is 27.2 Å². The molecule has 0 amide bonds. The Labute approximate surface area is 72.5 Å². The van der Waals surface area contributed by atoms with Crippen LogP contribution in [-0.4, -0.2) is 19.0 Å². The van der Waals surface area contributed by atoms with Gasteiger partial charge in [0.05, 0.1) is 6.54 Å². The molecule has 12 heavy (non-hydrogen) atoms. The maximum Gasteiger partial charge on any atom is 0.260 e. The van der Waals surface area contributed by atoms with Crippen molar-refractivity contribution in [2.45, 2.75) is 33.1 Å². The van der Waals surface area contributed by atoms with E-state index in [4.69, 9.17) is 0 Å². The predicted molar refractivity (Wildman–Crippen MR) is 45.4 cm³/mol. The van der Waals surface area contributed by atoms with Crippen molar-refractivity contribution in [2.75, 3.05) is 13.1 Å². The highest BCUT2D eigenvalue weighted by Gasteiger charge is 2.44. The second kappa shape index (κ2) is 2.95. The van der Waals surface area contributed by atoms with Crippen LogP contribution >= 0.6 is 0 Å². The van der Waals surface area contributed by atoms with Crippen LogP contribution in [0.2, 0.25) is 0 Å². The van der Waals surface area contributed by atoms with Gasteiger partial charge in [0.15, 0.2) is 0 Å². The Morgan fingerprint density at radius 1 is 1.25 bits per heavy atom. The molecule has 1 atom stereocenters. The van der Waals surface area contributed by atoms with Gasteiger partial charge in [0.1, 0.15) is 0 Å². The normalized spacial score (nSPS) is 35.5. The molecule has 0 radical (unpaired) electrons. The predicted octanol–water partition coefficient (Wildman–Crippen LogP) is 2.28. The largest absolute Gasteiger partial charge is 0.311 e. The summed E-state index contributed by atoms with van der Waals surface area (Å²) in [5.41, 5.74) is -0.248. The van der Waals surface area contributed by atoms with E-state index in [0.717, 1.165) is 0 Å². The smallest absolute Gasteiger partial charge is 0.260 e. The number of piperidine rings is 1. The molecule has 0 bridgehead atoms. The topological polar surface area (TPSA) is 12.0 Å². The second-order valence-corrected chi connectivity index (χ2v) is 4.45. The zero-order valence-electron chi connectivity index (χ0n) is 7.95. The Morgan fingerprint density at radius 2 is 1.83 bits per heavy atom. The van der Waals surface area contributed by atoms with Gasteiger partial charge in [-0.15, -0.1) is 0 Å². The van der Waals surface area contributed by atoms with Gasteiger partial charge in [-0.05, 0) is 11.3 Å². The Kier molecular flexibility index (Phi) is 2.43. The first kappa shape index (κ1) is 9.90. The van der Waals surface area contributed by atoms with Crippen molar-refractivity contribution in [1.82, 2.24) is 5.32 Å². The molecule has 3 heteroatoms. The Balaban J connectivity index is 2.68. The summed E-state index contributed by atoms with van der Waals surface area (Å²) in [6.07, 6.45) is 0.0185. The van der Waals surface area contributed by atoms with Crippen LogP contribution in [-0.2, 0) is 0 Å². The van der Waals surface area contributed by atoms with E-state index in [1.165, 1.54) is 0 Å². The first-order valence-electron chi connectivity index (χ1n) is 4.44. The molecule has 1 aliphatic rings. The Hall–Kier alpha value is -0.180. The minimum Gasteiger partial charge on any atom is -0.311 e. The van der Waals surface area contributed by atoms with Crippen LogP contribution in [0.25, 0.3) is 0 Å². The summed E-state index contributed by atoms with van der Waals surface area (Å²) in [6, 6.07) is 0. The summed E-state index contributed by atoms with van der Waals surface area (Å²) >= 11 is 0. The average molecular weight is 177 g/mol. The summed E-state index contributed by atoms with van der Waals surface area (Å²) in [5.74, 6) is -2.21. The molecule has 1 rings (SSSR count). The molecule has 1 heterocycles. The molecule has 0 aromatic heterocycles. The van der Waals surface area contributed by atoms with E-state index in [2.05, 4.69) is 5.32 Å². The molecule has 0 aromatic rings. The molecule has 1 N–H and O–H groups in total. The number of rotatable bonds is 1. The van der Waals surface area contributed by atoms with E-state index in [1.54, 1.807) is 0 Å². The molecular formula is C9H17F2N. The first-order chi connectivity index (χ1) is 5.36. The molecule has 0 aromatic carbocycles. The van der Waals surface area contributed by atoms with E-state index < -0.39 is 5.92 Å². The van der Waals surface area contributed by atoms with Crippen molar-refractivity contribution in [1.29, 1.82) is 0 Å². The van der Waals surface area contributed by atoms with E-state index >= 15 is 0 Å². The highest BCUT2D eigenvalue weighted by atomic mass is 19.3. The summed E-state index contributed by atoms with van der Waals surface area (Å²) in [4.78, 5) is 0. The monoisotopic (exact) mass is 177 g/mol. The van der Waals surface area contributed by atoms with Gasteiger partial charge in [0.25, 0.3) is 5.92 Å². The highest BCUT2D eigenvalue weighted by Crippen LogP contribution is 2.40. The third-order valence-electron chi connectivity index (χ3n) is 2.97. The van der Waals surface area contributed by atoms with Gasteiger partial charge in [-0.2, -0.15) is 0 Å². The van der Waals surface area contributed by atoms with Crippen molar-refractivity contribution in [3.63, 3.8) is 0 Å². The second-order valence-electron chi connectivity index (χ2n) is 4.45. The summed E-state index contributed by atoms with van der Waals surface area (Å²) < 4.78 is 26.0. The van der Waals surface area contributed by atoms with Crippen molar-refractivity contribution >= 4 is 0 Å². The molecule has 1 fully saturated rings. The molecule has 1 saturated heterocycles. The van der Waals surface area contributed by atoms with Crippen molar-refractivity contribution in [3.05, 3.63) is 0 Å². The van der Waals surface area contributed by atoms with Crippen LogP contribution in [0.4, 0.5) is 8.78 Å². The maximum absolute atomic E-state index is 13.0. The molecule has 1 nitrogen and oxygen atoms in total. The molecule has 0 unspecified atom stereocenters. The van der Waals surface area contributed by atoms with Gasteiger partial charge in [0, 0.05) is 13.0 Å². The summed E-state index contributed by atoms with van der Waals surface area (Å²) in [5, 5.41) is 2.80. The standard InChI is InChI=1S/C9H17F2N/c1-7(2)8(3)4-9(10,11)6-12-5-8/h7,12H,4-6H2,1-3H3/t8-/m0/s1. The fraction of sp³-hybridized carbons (Fsp3) is 1.00. The Bertz CT molecular complexity index is 168. The number of hydrogen-bond acceptors (Lipinski definition) is 1. The van der Waals surface area contributed by atoms with Gasteiger partial charge >= 0.3 is 0 Å².